The number of nitrogens with zero attached hydrogens (tertiary/aromatic N) is 3. The van der Waals surface area contributed by atoms with E-state index in [9.17, 15) is 47.8 Å². The molecular formula is C47H48F2N8O10. The first-order valence-electron chi connectivity index (χ1n) is 20.4. The van der Waals surface area contributed by atoms with Gasteiger partial charge in [-0.1, -0.05) is 84.9 Å². The van der Waals surface area contributed by atoms with Crippen LogP contribution in [0.3, 0.4) is 0 Å². The molecule has 4 amide bonds. The molecule has 0 unspecified atom stereocenters. The number of carbonyl (C=O) groups excluding carboxylic acids is 4. The highest BCUT2D eigenvalue weighted by Gasteiger charge is 2.32. The third-order valence-electron chi connectivity index (χ3n) is 9.73. The van der Waals surface area contributed by atoms with Gasteiger partial charge in [-0.05, 0) is 74.2 Å². The van der Waals surface area contributed by atoms with Gasteiger partial charge in [0.15, 0.2) is 11.4 Å². The molecule has 0 radical (unpaired) electrons. The standard InChI is InChI=1S/C24H25FN4O5.C23H23FN4O5/c1-24(2,28-23(33)34-14-16-7-5-4-6-8-16)22-27-18(19(30)21(32)29(22)3)20(31)26-13-15-9-11-17(25)12-10-15;1-23(2,28-22(32)33-13-15-6-4-3-5-7-15)21-26-17(18(29)20(31)27-21)19(30)25-12-14-8-10-16(24)11-9-14/h4-12,30H,13-14H2,1-3H3,(H,26,31)(H,28,33);3-11,29H,12-13H2,1-2H3,(H,25,30)(H,28,32)(H,26,27,31). The predicted molar refractivity (Wildman–Crippen MR) is 238 cm³/mol. The molecular weight excluding hydrogens is 875 g/mol. The Balaban J connectivity index is 0.000000251. The summed E-state index contributed by atoms with van der Waals surface area (Å²) in [5.74, 6) is -4.17. The predicted octanol–water partition coefficient (Wildman–Crippen LogP) is 5.42. The normalized spacial score (nSPS) is 11.0. The number of nitrogens with one attached hydrogen (secondary N) is 5. The number of benzene rings is 4. The van der Waals surface area contributed by atoms with Crippen molar-refractivity contribution in [3.63, 3.8) is 0 Å². The molecule has 18 nitrogen and oxygen atoms in total. The molecule has 0 aliphatic carbocycles. The van der Waals surface area contributed by atoms with Crippen LogP contribution in [0.5, 0.6) is 11.5 Å². The number of amides is 4. The lowest BCUT2D eigenvalue weighted by Gasteiger charge is -2.27. The smallest absolute Gasteiger partial charge is 0.408 e. The van der Waals surface area contributed by atoms with E-state index in [2.05, 4.69) is 36.2 Å². The second kappa shape index (κ2) is 22.0. The fourth-order valence-corrected chi connectivity index (χ4v) is 6.11. The molecule has 350 valence electrons. The Morgan fingerprint density at radius 2 is 1.03 bits per heavy atom. The number of carbonyl (C=O) groups is 4. The zero-order valence-electron chi connectivity index (χ0n) is 37.0. The van der Waals surface area contributed by atoms with E-state index in [0.29, 0.717) is 11.1 Å². The molecule has 0 saturated carbocycles. The van der Waals surface area contributed by atoms with E-state index in [1.165, 1.54) is 55.6 Å². The number of halogens is 2. The van der Waals surface area contributed by atoms with Crippen molar-refractivity contribution < 1.29 is 47.6 Å². The van der Waals surface area contributed by atoms with Gasteiger partial charge in [-0.15, -0.1) is 0 Å². The maximum absolute atomic E-state index is 13.1. The highest BCUT2D eigenvalue weighted by Crippen LogP contribution is 2.21. The summed E-state index contributed by atoms with van der Waals surface area (Å²) in [6.07, 6.45) is -1.51. The highest BCUT2D eigenvalue weighted by molar-refractivity contribution is 5.95. The number of alkyl carbamates (subject to hydrolysis) is 2. The van der Waals surface area contributed by atoms with Crippen molar-refractivity contribution in [3.05, 3.63) is 187 Å². The van der Waals surface area contributed by atoms with Crippen molar-refractivity contribution >= 4 is 24.0 Å². The Labute approximate surface area is 382 Å². The molecule has 6 rings (SSSR count). The molecule has 0 bridgehead atoms. The lowest BCUT2D eigenvalue weighted by atomic mass is 10.0. The summed E-state index contributed by atoms with van der Waals surface area (Å²) < 4.78 is 37.5. The van der Waals surface area contributed by atoms with Crippen molar-refractivity contribution in [1.82, 2.24) is 40.8 Å². The monoisotopic (exact) mass is 922 g/mol. The van der Waals surface area contributed by atoms with Gasteiger partial charge in [0.1, 0.15) is 36.5 Å². The second-order valence-electron chi connectivity index (χ2n) is 15.9. The van der Waals surface area contributed by atoms with Crippen molar-refractivity contribution in [3.8, 4) is 11.5 Å². The SMILES string of the molecule is CC(C)(NC(=O)OCc1ccccc1)c1nc(C(=O)NCc2ccc(F)cc2)c(O)c(=O)[nH]1.Cn1c(C(C)(C)NC(=O)OCc2ccccc2)nc(C(=O)NCc2ccc(F)cc2)c(O)c1=O. The van der Waals surface area contributed by atoms with Crippen molar-refractivity contribution in [2.45, 2.75) is 65.1 Å². The van der Waals surface area contributed by atoms with E-state index in [1.54, 1.807) is 52.0 Å². The Bertz CT molecular complexity index is 2820. The molecule has 0 spiro atoms. The summed E-state index contributed by atoms with van der Waals surface area (Å²) in [6.45, 7) is 6.39. The molecule has 0 fully saturated rings. The summed E-state index contributed by atoms with van der Waals surface area (Å²) in [5.41, 5.74) is -2.47. The van der Waals surface area contributed by atoms with Crippen molar-refractivity contribution in [2.75, 3.05) is 0 Å². The van der Waals surface area contributed by atoms with E-state index < -0.39 is 80.7 Å². The summed E-state index contributed by atoms with van der Waals surface area (Å²) >= 11 is 0. The Hall–Kier alpha value is -8.42. The van der Waals surface area contributed by atoms with Gasteiger partial charge in [-0.25, -0.2) is 28.3 Å². The highest BCUT2D eigenvalue weighted by atomic mass is 19.1. The van der Waals surface area contributed by atoms with Gasteiger partial charge >= 0.3 is 12.2 Å². The molecule has 4 aromatic carbocycles. The minimum Gasteiger partial charge on any atom is -0.501 e. The number of hydrogen-bond donors (Lipinski definition) is 7. The number of rotatable bonds is 14. The van der Waals surface area contributed by atoms with Crippen LogP contribution in [0.2, 0.25) is 0 Å². The van der Waals surface area contributed by atoms with E-state index in [1.807, 2.05) is 36.4 Å². The van der Waals surface area contributed by atoms with Gasteiger partial charge in [-0.2, -0.15) is 0 Å². The lowest BCUT2D eigenvalue weighted by Crippen LogP contribution is -2.46. The molecule has 20 heteroatoms. The first-order chi connectivity index (χ1) is 31.7. The summed E-state index contributed by atoms with van der Waals surface area (Å²) in [5, 5.41) is 30.6. The lowest BCUT2D eigenvalue weighted by molar-refractivity contribution is 0.0932. The largest absolute Gasteiger partial charge is 0.501 e. The topological polar surface area (TPSA) is 256 Å². The zero-order chi connectivity index (χ0) is 48.9. The van der Waals surface area contributed by atoms with Crippen LogP contribution in [-0.2, 0) is 53.9 Å². The quantitative estimate of drug-likeness (QED) is 0.0723. The average Bonchev–Trinajstić information content (AvgIpc) is 3.30. The number of H-pyrrole nitrogens is 1. The fraction of sp³-hybridized carbons (Fsp3) is 0.234. The molecule has 7 N–H and O–H groups in total. The molecule has 6 aromatic rings. The third kappa shape index (κ3) is 13.8. The van der Waals surface area contributed by atoms with Gasteiger partial charge in [-0.3, -0.25) is 23.7 Å². The fourth-order valence-electron chi connectivity index (χ4n) is 6.11. The van der Waals surface area contributed by atoms with Crippen LogP contribution in [0.25, 0.3) is 0 Å². The van der Waals surface area contributed by atoms with Gasteiger partial charge in [0.2, 0.25) is 11.5 Å². The van der Waals surface area contributed by atoms with Gasteiger partial charge in [0, 0.05) is 20.1 Å². The van der Waals surface area contributed by atoms with E-state index >= 15 is 0 Å². The first kappa shape index (κ1) is 49.6. The molecule has 0 saturated heterocycles. The third-order valence-corrected chi connectivity index (χ3v) is 9.73. The molecule has 0 atom stereocenters. The van der Waals surface area contributed by atoms with E-state index in [-0.39, 0.29) is 38.0 Å². The van der Waals surface area contributed by atoms with E-state index in [0.717, 1.165) is 15.7 Å². The number of hydrogen-bond acceptors (Lipinski definition) is 12. The van der Waals surface area contributed by atoms with Gasteiger partial charge < -0.3 is 45.9 Å². The second-order valence-corrected chi connectivity index (χ2v) is 15.9. The first-order valence-corrected chi connectivity index (χ1v) is 20.4. The Morgan fingerprint density at radius 1 is 0.612 bits per heavy atom. The molecule has 0 aliphatic rings. The maximum atomic E-state index is 13.1. The Kier molecular flexibility index (Phi) is 16.3. The summed E-state index contributed by atoms with van der Waals surface area (Å²) in [6, 6.07) is 29.1. The molecule has 67 heavy (non-hydrogen) atoms. The van der Waals surface area contributed by atoms with Crippen LogP contribution >= 0.6 is 0 Å². The number of aromatic nitrogens is 4. The molecule has 2 aromatic heterocycles. The van der Waals surface area contributed by atoms with E-state index in [4.69, 9.17) is 9.47 Å². The van der Waals surface area contributed by atoms with Crippen LogP contribution in [0.1, 0.15) is 82.6 Å². The van der Waals surface area contributed by atoms with Gasteiger partial charge in [0.05, 0.1) is 11.1 Å². The van der Waals surface area contributed by atoms with Crippen LogP contribution in [0, 0.1) is 11.6 Å². The van der Waals surface area contributed by atoms with Crippen LogP contribution in [0.15, 0.2) is 119 Å². The zero-order valence-corrected chi connectivity index (χ0v) is 37.0. The van der Waals surface area contributed by atoms with Crippen LogP contribution < -0.4 is 32.4 Å². The summed E-state index contributed by atoms with van der Waals surface area (Å²) in [7, 11) is 1.36. The number of aromatic amines is 1. The summed E-state index contributed by atoms with van der Waals surface area (Å²) in [4.78, 5) is 85.2. The minimum atomic E-state index is -1.24. The average molecular weight is 923 g/mol. The van der Waals surface area contributed by atoms with Crippen molar-refractivity contribution in [2.24, 2.45) is 7.05 Å². The maximum Gasteiger partial charge on any atom is 0.408 e. The molecule has 2 heterocycles. The number of aromatic hydroxyl groups is 2. The minimum absolute atomic E-state index is 0.0236. The van der Waals surface area contributed by atoms with Crippen molar-refractivity contribution in [1.29, 1.82) is 0 Å². The number of ether oxygens (including phenoxy) is 2. The van der Waals surface area contributed by atoms with Crippen LogP contribution in [-0.4, -0.2) is 53.7 Å². The molecule has 0 aliphatic heterocycles. The van der Waals surface area contributed by atoms with Crippen LogP contribution in [0.4, 0.5) is 18.4 Å². The Morgan fingerprint density at radius 3 is 1.48 bits per heavy atom. The van der Waals surface area contributed by atoms with Gasteiger partial charge in [0.25, 0.3) is 22.9 Å².